The zero-order chi connectivity index (χ0) is 10.7. The summed E-state index contributed by atoms with van der Waals surface area (Å²) in [6, 6.07) is 0. The summed E-state index contributed by atoms with van der Waals surface area (Å²) in [5, 5.41) is 9.97. The van der Waals surface area contributed by atoms with E-state index in [0.29, 0.717) is 0 Å². The number of hydroxylamine groups is 1. The van der Waals surface area contributed by atoms with Gasteiger partial charge >= 0.3 is 0 Å². The first-order valence-corrected chi connectivity index (χ1v) is 3.22. The Hall–Kier alpha value is -1.88. The Kier molecular flexibility index (Phi) is 10.7. The van der Waals surface area contributed by atoms with Gasteiger partial charge in [-0.3, -0.25) is 14.8 Å². The zero-order valence-corrected chi connectivity index (χ0v) is 7.12. The average Bonchev–Trinajstić information content (AvgIpc) is 2.18. The van der Waals surface area contributed by atoms with Crippen LogP contribution in [0, 0.1) is 0 Å². The fraction of sp³-hybridized carbons (Fsp3) is 0. The summed E-state index contributed by atoms with van der Waals surface area (Å²) in [5.41, 5.74) is 1.36. The number of amides is 2. The van der Waals surface area contributed by atoms with Crippen molar-refractivity contribution >= 4 is 11.8 Å². The molecule has 0 spiro atoms. The van der Waals surface area contributed by atoms with Crippen LogP contribution in [0.1, 0.15) is 0 Å². The third-order valence-corrected chi connectivity index (χ3v) is 0.725. The summed E-state index contributed by atoms with van der Waals surface area (Å²) in [6.45, 7) is 9.55. The molecule has 0 aromatic rings. The predicted octanol–water partition coefficient (Wildman–Crippen LogP) is 0.110. The Morgan fingerprint density at radius 1 is 1.08 bits per heavy atom. The van der Waals surface area contributed by atoms with Crippen LogP contribution >= 0.6 is 0 Å². The standard InChI is InChI=1S/C5H7NO.C3H5NO2/c1-3-5(7)6-4-2;1-2-3(5)4-6/h3-4H,1-2H2,(H,6,7);2,6H,1H2,(H,4,5). The highest BCUT2D eigenvalue weighted by atomic mass is 16.5. The van der Waals surface area contributed by atoms with Gasteiger partial charge in [0, 0.05) is 0 Å². The molecule has 5 heteroatoms. The van der Waals surface area contributed by atoms with Crippen LogP contribution in [-0.2, 0) is 9.59 Å². The summed E-state index contributed by atoms with van der Waals surface area (Å²) in [5.74, 6) is -0.815. The molecule has 0 heterocycles. The smallest absolute Gasteiger partial charge is 0.266 e. The molecule has 13 heavy (non-hydrogen) atoms. The number of carbonyl (C=O) groups is 2. The topological polar surface area (TPSA) is 78.4 Å². The van der Waals surface area contributed by atoms with E-state index in [2.05, 4.69) is 25.1 Å². The van der Waals surface area contributed by atoms with Crippen molar-refractivity contribution < 1.29 is 14.8 Å². The summed E-state index contributed by atoms with van der Waals surface area (Å²) < 4.78 is 0. The lowest BCUT2D eigenvalue weighted by Crippen LogP contribution is -2.14. The minimum Gasteiger partial charge on any atom is -0.330 e. The highest BCUT2D eigenvalue weighted by Crippen LogP contribution is 1.61. The van der Waals surface area contributed by atoms with Crippen LogP contribution in [-0.4, -0.2) is 17.0 Å². The van der Waals surface area contributed by atoms with Crippen LogP contribution in [0.15, 0.2) is 38.1 Å². The van der Waals surface area contributed by atoms with Crippen LogP contribution < -0.4 is 10.8 Å². The third-order valence-electron chi connectivity index (χ3n) is 0.725. The van der Waals surface area contributed by atoms with Crippen molar-refractivity contribution in [2.24, 2.45) is 0 Å². The van der Waals surface area contributed by atoms with Crippen molar-refractivity contribution in [1.29, 1.82) is 0 Å². The van der Waals surface area contributed by atoms with E-state index in [1.54, 1.807) is 0 Å². The molecule has 0 bridgehead atoms. The molecule has 0 aliphatic rings. The van der Waals surface area contributed by atoms with Gasteiger partial charge in [-0.2, -0.15) is 0 Å². The lowest BCUT2D eigenvalue weighted by atomic mass is 10.6. The largest absolute Gasteiger partial charge is 0.330 e. The molecule has 0 fully saturated rings. The van der Waals surface area contributed by atoms with Gasteiger partial charge in [-0.05, 0) is 18.4 Å². The number of nitrogens with one attached hydrogen (secondary N) is 2. The number of hydrogen-bond acceptors (Lipinski definition) is 3. The molecule has 0 radical (unpaired) electrons. The van der Waals surface area contributed by atoms with Crippen LogP contribution in [0.2, 0.25) is 0 Å². The monoisotopic (exact) mass is 184 g/mol. The Bertz CT molecular complexity index is 211. The normalized spacial score (nSPS) is 6.85. The molecule has 0 unspecified atom stereocenters. The molecule has 0 aromatic heterocycles. The van der Waals surface area contributed by atoms with Crippen LogP contribution in [0.4, 0.5) is 0 Å². The number of hydrogen-bond donors (Lipinski definition) is 3. The van der Waals surface area contributed by atoms with Crippen LogP contribution in [0.3, 0.4) is 0 Å². The number of rotatable bonds is 3. The summed E-state index contributed by atoms with van der Waals surface area (Å²) >= 11 is 0. The molecule has 0 rings (SSSR count). The first-order valence-electron chi connectivity index (χ1n) is 3.22. The lowest BCUT2D eigenvalue weighted by molar-refractivity contribution is -0.124. The average molecular weight is 184 g/mol. The molecule has 2 amide bonds. The van der Waals surface area contributed by atoms with Crippen molar-refractivity contribution in [2.45, 2.75) is 0 Å². The molecular weight excluding hydrogens is 172 g/mol. The van der Waals surface area contributed by atoms with Gasteiger partial charge in [-0.25, -0.2) is 5.48 Å². The Morgan fingerprint density at radius 3 is 1.62 bits per heavy atom. The lowest BCUT2D eigenvalue weighted by Gasteiger charge is -1.85. The minimum atomic E-state index is -0.588. The fourth-order valence-corrected chi connectivity index (χ4v) is 0.205. The second kappa shape index (κ2) is 10.1. The molecule has 0 aromatic carbocycles. The van der Waals surface area contributed by atoms with E-state index < -0.39 is 5.91 Å². The number of carbonyl (C=O) groups excluding carboxylic acids is 2. The summed E-state index contributed by atoms with van der Waals surface area (Å²) in [4.78, 5) is 19.8. The van der Waals surface area contributed by atoms with Crippen molar-refractivity contribution in [3.8, 4) is 0 Å². The van der Waals surface area contributed by atoms with Crippen molar-refractivity contribution in [3.05, 3.63) is 38.1 Å². The molecule has 0 aliphatic heterocycles. The van der Waals surface area contributed by atoms with Gasteiger partial charge < -0.3 is 5.32 Å². The third kappa shape index (κ3) is 13.2. The van der Waals surface area contributed by atoms with Gasteiger partial charge in [0.25, 0.3) is 5.91 Å². The Morgan fingerprint density at radius 2 is 1.54 bits per heavy atom. The van der Waals surface area contributed by atoms with Gasteiger partial charge in [-0.15, -0.1) is 0 Å². The van der Waals surface area contributed by atoms with Gasteiger partial charge in [0.1, 0.15) is 0 Å². The van der Waals surface area contributed by atoms with E-state index in [0.717, 1.165) is 6.08 Å². The van der Waals surface area contributed by atoms with Gasteiger partial charge in [0.2, 0.25) is 5.91 Å². The first-order chi connectivity index (χ1) is 6.12. The molecule has 0 saturated heterocycles. The highest BCUT2D eigenvalue weighted by molar-refractivity contribution is 5.87. The maximum absolute atomic E-state index is 10.1. The van der Waals surface area contributed by atoms with Crippen molar-refractivity contribution in [1.82, 2.24) is 10.8 Å². The van der Waals surface area contributed by atoms with Crippen molar-refractivity contribution in [2.75, 3.05) is 0 Å². The summed E-state index contributed by atoms with van der Waals surface area (Å²) in [6.07, 6.45) is 3.46. The van der Waals surface area contributed by atoms with E-state index >= 15 is 0 Å². The van der Waals surface area contributed by atoms with Gasteiger partial charge in [0.15, 0.2) is 0 Å². The quantitative estimate of drug-likeness (QED) is 0.331. The zero-order valence-electron chi connectivity index (χ0n) is 7.12. The van der Waals surface area contributed by atoms with E-state index in [9.17, 15) is 9.59 Å². The van der Waals surface area contributed by atoms with Crippen molar-refractivity contribution in [3.63, 3.8) is 0 Å². The van der Waals surface area contributed by atoms with E-state index in [1.807, 2.05) is 0 Å². The van der Waals surface area contributed by atoms with Gasteiger partial charge in [0.05, 0.1) is 0 Å². The second-order valence-electron chi connectivity index (χ2n) is 1.60. The molecule has 72 valence electrons. The van der Waals surface area contributed by atoms with Gasteiger partial charge in [-0.1, -0.05) is 19.7 Å². The Balaban J connectivity index is 0. The molecule has 0 saturated carbocycles. The fourth-order valence-electron chi connectivity index (χ4n) is 0.205. The summed E-state index contributed by atoms with van der Waals surface area (Å²) in [7, 11) is 0. The van der Waals surface area contributed by atoms with Crippen LogP contribution in [0.25, 0.3) is 0 Å². The molecule has 0 atom stereocenters. The van der Waals surface area contributed by atoms with Crippen LogP contribution in [0.5, 0.6) is 0 Å². The maximum atomic E-state index is 10.1. The first kappa shape index (κ1) is 13.7. The molecule has 3 N–H and O–H groups in total. The minimum absolute atomic E-state index is 0.227. The molecular formula is C8H12N2O3. The van der Waals surface area contributed by atoms with E-state index in [-0.39, 0.29) is 5.91 Å². The Labute approximate surface area is 76.4 Å². The SMILES string of the molecule is C=CC(=O)NO.C=CNC(=O)C=C. The molecule has 0 aliphatic carbocycles. The highest BCUT2D eigenvalue weighted by Gasteiger charge is 1.81. The van der Waals surface area contributed by atoms with E-state index in [1.165, 1.54) is 17.8 Å². The maximum Gasteiger partial charge on any atom is 0.266 e. The molecule has 5 nitrogen and oxygen atoms in total. The predicted molar refractivity (Wildman–Crippen MR) is 48.7 cm³/mol. The second-order valence-corrected chi connectivity index (χ2v) is 1.60. The van der Waals surface area contributed by atoms with E-state index in [4.69, 9.17) is 5.21 Å².